The lowest BCUT2D eigenvalue weighted by Crippen LogP contribution is -2.50. The highest BCUT2D eigenvalue weighted by molar-refractivity contribution is 7.89. The normalized spacial score (nSPS) is 12.1. The number of nitrogens with one attached hydrogen (secondary N) is 2. The minimum Gasteiger partial charge on any atom is -0.354 e. The number of benzene rings is 3. The number of nitrogens with zero attached hydrogens (tertiary/aromatic N) is 1. The second-order valence-electron chi connectivity index (χ2n) is 10.00. The van der Waals surface area contributed by atoms with Gasteiger partial charge in [-0.05, 0) is 53.8 Å². The maximum atomic E-state index is 13.8. The van der Waals surface area contributed by atoms with E-state index in [1.807, 2.05) is 42.5 Å². The Kier molecular flexibility index (Phi) is 12.8. The number of halogens is 1. The van der Waals surface area contributed by atoms with Crippen LogP contribution in [0.2, 0.25) is 5.02 Å². The molecule has 1 atom stereocenters. The van der Waals surface area contributed by atoms with Gasteiger partial charge >= 0.3 is 0 Å². The van der Waals surface area contributed by atoms with Gasteiger partial charge in [-0.15, -0.1) is 0 Å². The van der Waals surface area contributed by atoms with Crippen molar-refractivity contribution in [1.29, 1.82) is 0 Å². The SMILES string of the molecule is CCCCCNC(=O)C(Cc1ccccc1)N(Cc1ccc(Cl)cc1)C(=O)CCc1ccc(S(=O)(=O)NCC)cc1. The zero-order valence-corrected chi connectivity index (χ0v) is 25.4. The molecule has 0 spiro atoms. The zero-order chi connectivity index (χ0) is 29.7. The third-order valence-electron chi connectivity index (χ3n) is 6.81. The molecule has 0 aliphatic carbocycles. The van der Waals surface area contributed by atoms with E-state index >= 15 is 0 Å². The van der Waals surface area contributed by atoms with Crippen molar-refractivity contribution in [2.75, 3.05) is 13.1 Å². The Labute approximate surface area is 249 Å². The van der Waals surface area contributed by atoms with Crippen LogP contribution in [0.15, 0.2) is 83.8 Å². The largest absolute Gasteiger partial charge is 0.354 e. The molecule has 0 bridgehead atoms. The highest BCUT2D eigenvalue weighted by Crippen LogP contribution is 2.19. The first kappa shape index (κ1) is 32.3. The quantitative estimate of drug-likeness (QED) is 0.213. The smallest absolute Gasteiger partial charge is 0.243 e. The maximum absolute atomic E-state index is 13.8. The molecule has 9 heteroatoms. The Balaban J connectivity index is 1.84. The highest BCUT2D eigenvalue weighted by Gasteiger charge is 2.30. The zero-order valence-electron chi connectivity index (χ0n) is 23.8. The summed E-state index contributed by atoms with van der Waals surface area (Å²) in [6, 6.07) is 22.8. The first-order valence-corrected chi connectivity index (χ1v) is 16.0. The molecular weight excluding hydrogens is 558 g/mol. The Morgan fingerprint density at radius 1 is 0.854 bits per heavy atom. The molecule has 3 aromatic rings. The Bertz CT molecular complexity index is 1350. The number of amides is 2. The molecular formula is C32H40ClN3O4S. The van der Waals surface area contributed by atoms with E-state index in [1.54, 1.807) is 48.2 Å². The van der Waals surface area contributed by atoms with Crippen molar-refractivity contribution in [2.45, 2.75) is 69.9 Å². The molecule has 2 amide bonds. The van der Waals surface area contributed by atoms with Crippen LogP contribution >= 0.6 is 11.6 Å². The van der Waals surface area contributed by atoms with Crippen molar-refractivity contribution >= 4 is 33.4 Å². The van der Waals surface area contributed by atoms with Crippen LogP contribution in [0.4, 0.5) is 0 Å². The Morgan fingerprint density at radius 2 is 1.51 bits per heavy atom. The molecule has 0 saturated heterocycles. The summed E-state index contributed by atoms with van der Waals surface area (Å²) >= 11 is 6.10. The van der Waals surface area contributed by atoms with Crippen LogP contribution in [-0.4, -0.2) is 44.3 Å². The van der Waals surface area contributed by atoms with Crippen LogP contribution in [-0.2, 0) is 39.0 Å². The number of rotatable bonds is 16. The second kappa shape index (κ2) is 16.3. The van der Waals surface area contributed by atoms with E-state index in [1.165, 1.54) is 0 Å². The van der Waals surface area contributed by atoms with Crippen LogP contribution in [0, 0.1) is 0 Å². The standard InChI is InChI=1S/C32H40ClN3O4S/c1-3-5-9-22-34-32(38)30(23-26-10-7-6-8-11-26)36(24-27-12-17-28(33)18-13-27)31(37)21-16-25-14-19-29(20-15-25)41(39,40)35-4-2/h6-8,10-15,17-20,30,35H,3-5,9,16,21-24H2,1-2H3,(H,34,38). The van der Waals surface area contributed by atoms with Gasteiger partial charge in [0, 0.05) is 37.5 Å². The molecule has 0 aliphatic rings. The number of carbonyl (C=O) groups is 2. The molecule has 3 aromatic carbocycles. The lowest BCUT2D eigenvalue weighted by molar-refractivity contribution is -0.141. The van der Waals surface area contributed by atoms with Gasteiger partial charge in [0.1, 0.15) is 6.04 Å². The average Bonchev–Trinajstić information content (AvgIpc) is 2.97. The van der Waals surface area contributed by atoms with Gasteiger partial charge in [-0.1, -0.05) is 92.9 Å². The van der Waals surface area contributed by atoms with Gasteiger partial charge in [0.05, 0.1) is 4.90 Å². The van der Waals surface area contributed by atoms with E-state index in [2.05, 4.69) is 17.0 Å². The minimum atomic E-state index is -3.55. The molecule has 220 valence electrons. The number of hydrogen-bond donors (Lipinski definition) is 2. The molecule has 0 fully saturated rings. The van der Waals surface area contributed by atoms with E-state index in [0.717, 1.165) is 36.0 Å². The van der Waals surface area contributed by atoms with Crippen LogP contribution in [0.3, 0.4) is 0 Å². The molecule has 2 N–H and O–H groups in total. The molecule has 3 rings (SSSR count). The van der Waals surface area contributed by atoms with Crippen LogP contribution in [0.1, 0.15) is 56.2 Å². The number of sulfonamides is 1. The van der Waals surface area contributed by atoms with Gasteiger partial charge < -0.3 is 10.2 Å². The number of aryl methyl sites for hydroxylation is 1. The fraction of sp³-hybridized carbons (Fsp3) is 0.375. The van der Waals surface area contributed by atoms with Crippen LogP contribution < -0.4 is 10.0 Å². The summed E-state index contributed by atoms with van der Waals surface area (Å²) in [5, 5.41) is 3.65. The van der Waals surface area contributed by atoms with Crippen molar-refractivity contribution in [3.05, 3.63) is 101 Å². The van der Waals surface area contributed by atoms with Crippen molar-refractivity contribution < 1.29 is 18.0 Å². The predicted octanol–water partition coefficient (Wildman–Crippen LogP) is 5.52. The third kappa shape index (κ3) is 10.3. The summed E-state index contributed by atoms with van der Waals surface area (Å²) in [5.41, 5.74) is 2.68. The van der Waals surface area contributed by atoms with E-state index < -0.39 is 16.1 Å². The first-order chi connectivity index (χ1) is 19.7. The molecule has 41 heavy (non-hydrogen) atoms. The fourth-order valence-electron chi connectivity index (χ4n) is 4.55. The van der Waals surface area contributed by atoms with Crippen molar-refractivity contribution in [2.24, 2.45) is 0 Å². The lowest BCUT2D eigenvalue weighted by atomic mass is 10.0. The van der Waals surface area contributed by atoms with Gasteiger partial charge in [-0.25, -0.2) is 13.1 Å². The molecule has 1 unspecified atom stereocenters. The summed E-state index contributed by atoms with van der Waals surface area (Å²) in [6.45, 7) is 4.96. The van der Waals surface area contributed by atoms with Crippen LogP contribution in [0.5, 0.6) is 0 Å². The summed E-state index contributed by atoms with van der Waals surface area (Å²) in [5.74, 6) is -0.334. The fourth-order valence-corrected chi connectivity index (χ4v) is 5.72. The van der Waals surface area contributed by atoms with E-state index in [4.69, 9.17) is 11.6 Å². The van der Waals surface area contributed by atoms with Gasteiger partial charge in [-0.2, -0.15) is 0 Å². The third-order valence-corrected chi connectivity index (χ3v) is 8.63. The summed E-state index contributed by atoms with van der Waals surface area (Å²) in [4.78, 5) is 29.2. The number of carbonyl (C=O) groups excluding carboxylic acids is 2. The van der Waals surface area contributed by atoms with E-state index in [9.17, 15) is 18.0 Å². The monoisotopic (exact) mass is 597 g/mol. The predicted molar refractivity (Wildman–Crippen MR) is 164 cm³/mol. The molecule has 0 aliphatic heterocycles. The first-order valence-electron chi connectivity index (χ1n) is 14.2. The van der Waals surface area contributed by atoms with Gasteiger partial charge in [0.25, 0.3) is 0 Å². The summed E-state index contributed by atoms with van der Waals surface area (Å²) in [6.07, 6.45) is 3.91. The molecule has 7 nitrogen and oxygen atoms in total. The van der Waals surface area contributed by atoms with Gasteiger partial charge in [-0.3, -0.25) is 9.59 Å². The summed E-state index contributed by atoms with van der Waals surface area (Å²) in [7, 11) is -3.55. The maximum Gasteiger partial charge on any atom is 0.243 e. The Morgan fingerprint density at radius 3 is 2.15 bits per heavy atom. The molecule has 0 aromatic heterocycles. The Hall–Kier alpha value is -3.20. The minimum absolute atomic E-state index is 0.158. The van der Waals surface area contributed by atoms with E-state index in [0.29, 0.717) is 31.0 Å². The van der Waals surface area contributed by atoms with Crippen molar-refractivity contribution in [3.8, 4) is 0 Å². The van der Waals surface area contributed by atoms with Crippen molar-refractivity contribution in [1.82, 2.24) is 14.9 Å². The van der Waals surface area contributed by atoms with Gasteiger partial charge in [0.15, 0.2) is 0 Å². The lowest BCUT2D eigenvalue weighted by Gasteiger charge is -2.32. The van der Waals surface area contributed by atoms with Crippen LogP contribution in [0.25, 0.3) is 0 Å². The topological polar surface area (TPSA) is 95.6 Å². The number of unbranched alkanes of at least 4 members (excludes halogenated alkanes) is 2. The van der Waals surface area contributed by atoms with Crippen molar-refractivity contribution in [3.63, 3.8) is 0 Å². The van der Waals surface area contributed by atoms with E-state index in [-0.39, 0.29) is 29.7 Å². The number of hydrogen-bond acceptors (Lipinski definition) is 4. The molecule has 0 saturated carbocycles. The summed E-state index contributed by atoms with van der Waals surface area (Å²) < 4.78 is 27.0. The average molecular weight is 598 g/mol. The van der Waals surface area contributed by atoms with Gasteiger partial charge in [0.2, 0.25) is 21.8 Å². The second-order valence-corrected chi connectivity index (χ2v) is 12.2. The highest BCUT2D eigenvalue weighted by atomic mass is 35.5. The molecule has 0 heterocycles. The molecule has 0 radical (unpaired) electrons.